The molecule has 0 radical (unpaired) electrons. The maximum Gasteiger partial charge on any atom is 0.252 e. The molecule has 1 aromatic heterocycles. The van der Waals surface area contributed by atoms with Crippen molar-refractivity contribution in [3.63, 3.8) is 0 Å². The second-order valence-electron chi connectivity index (χ2n) is 3.13. The Labute approximate surface area is 92.2 Å². The van der Waals surface area contributed by atoms with E-state index in [0.29, 0.717) is 16.2 Å². The molecule has 1 atom stereocenters. The molecular formula is C9H11ClN2OS. The summed E-state index contributed by atoms with van der Waals surface area (Å²) < 4.78 is 4.95. The zero-order valence-corrected chi connectivity index (χ0v) is 9.44. The molecule has 0 spiro atoms. The Kier molecular flexibility index (Phi) is 3.13. The smallest absolute Gasteiger partial charge is 0.252 e. The highest BCUT2D eigenvalue weighted by molar-refractivity contribution is 7.99. The molecular weight excluding hydrogens is 220 g/mol. The van der Waals surface area contributed by atoms with Gasteiger partial charge >= 0.3 is 0 Å². The third-order valence-electron chi connectivity index (χ3n) is 2.19. The van der Waals surface area contributed by atoms with E-state index in [2.05, 4.69) is 10.2 Å². The van der Waals surface area contributed by atoms with Crippen LogP contribution in [0.25, 0.3) is 0 Å². The molecule has 2 rings (SSSR count). The van der Waals surface area contributed by atoms with Crippen molar-refractivity contribution in [2.75, 3.05) is 12.9 Å². The zero-order chi connectivity index (χ0) is 9.97. The molecule has 5 heteroatoms. The number of thioether (sulfide) groups is 1. The highest BCUT2D eigenvalue weighted by Gasteiger charge is 2.20. The van der Waals surface area contributed by atoms with E-state index in [1.807, 2.05) is 17.8 Å². The van der Waals surface area contributed by atoms with Gasteiger partial charge in [-0.25, -0.2) is 0 Å². The minimum atomic E-state index is 0.401. The molecule has 3 nitrogen and oxygen atoms in total. The van der Waals surface area contributed by atoms with E-state index >= 15 is 0 Å². The molecule has 0 aliphatic carbocycles. The molecule has 1 unspecified atom stereocenters. The summed E-state index contributed by atoms with van der Waals surface area (Å²) in [4.78, 5) is 0. The standard InChI is InChI=1S/C9H11ClN2OS/c1-13-9-6(10)5-7(11-12-9)8-3-2-4-14-8/h5,8H,2-4H2,1H3. The quantitative estimate of drug-likeness (QED) is 0.783. The molecule has 0 amide bonds. The predicted molar refractivity (Wildman–Crippen MR) is 58.0 cm³/mol. The van der Waals surface area contributed by atoms with E-state index in [-0.39, 0.29) is 0 Å². The van der Waals surface area contributed by atoms with Gasteiger partial charge in [0, 0.05) is 5.25 Å². The second-order valence-corrected chi connectivity index (χ2v) is 4.85. The van der Waals surface area contributed by atoms with Crippen LogP contribution in [0.5, 0.6) is 5.88 Å². The highest BCUT2D eigenvalue weighted by atomic mass is 35.5. The minimum Gasteiger partial charge on any atom is -0.479 e. The van der Waals surface area contributed by atoms with Gasteiger partial charge in [-0.1, -0.05) is 11.6 Å². The Morgan fingerprint density at radius 3 is 3.00 bits per heavy atom. The van der Waals surface area contributed by atoms with Crippen LogP contribution in [0.4, 0.5) is 0 Å². The van der Waals surface area contributed by atoms with Crippen LogP contribution in [0.1, 0.15) is 23.8 Å². The molecule has 0 aromatic carbocycles. The van der Waals surface area contributed by atoms with Gasteiger partial charge in [-0.05, 0) is 24.7 Å². The molecule has 1 saturated heterocycles. The third kappa shape index (κ3) is 1.96. The van der Waals surface area contributed by atoms with Gasteiger partial charge in [-0.2, -0.15) is 16.9 Å². The SMILES string of the molecule is COc1nnc(C2CCCS2)cc1Cl. The Balaban J connectivity index is 2.23. The number of rotatable bonds is 2. The third-order valence-corrected chi connectivity index (χ3v) is 3.86. The normalized spacial score (nSPS) is 21.1. The molecule has 0 bridgehead atoms. The Bertz CT molecular complexity index is 329. The van der Waals surface area contributed by atoms with Crippen LogP contribution < -0.4 is 4.74 Å². The van der Waals surface area contributed by atoms with Crippen molar-refractivity contribution in [2.45, 2.75) is 18.1 Å². The van der Waals surface area contributed by atoms with Crippen molar-refractivity contribution < 1.29 is 4.74 Å². The number of hydrogen-bond acceptors (Lipinski definition) is 4. The molecule has 1 aromatic rings. The van der Waals surface area contributed by atoms with E-state index in [4.69, 9.17) is 16.3 Å². The van der Waals surface area contributed by atoms with Gasteiger partial charge in [0.2, 0.25) is 0 Å². The van der Waals surface area contributed by atoms with Gasteiger partial charge in [-0.15, -0.1) is 5.10 Å². The van der Waals surface area contributed by atoms with Crippen LogP contribution in [0.3, 0.4) is 0 Å². The molecule has 0 saturated carbocycles. The fraction of sp³-hybridized carbons (Fsp3) is 0.556. The first-order valence-corrected chi connectivity index (χ1v) is 5.92. The molecule has 1 fully saturated rings. The molecule has 0 N–H and O–H groups in total. The van der Waals surface area contributed by atoms with E-state index in [1.54, 1.807) is 7.11 Å². The summed E-state index contributed by atoms with van der Waals surface area (Å²) in [6.07, 6.45) is 2.42. The number of nitrogens with zero attached hydrogens (tertiary/aromatic N) is 2. The van der Waals surface area contributed by atoms with E-state index in [0.717, 1.165) is 5.69 Å². The van der Waals surface area contributed by atoms with E-state index < -0.39 is 0 Å². The molecule has 1 aliphatic heterocycles. The van der Waals surface area contributed by atoms with Crippen LogP contribution in [0, 0.1) is 0 Å². The lowest BCUT2D eigenvalue weighted by atomic mass is 10.2. The predicted octanol–water partition coefficient (Wildman–Crippen LogP) is 2.71. The summed E-state index contributed by atoms with van der Waals surface area (Å²) in [5.41, 5.74) is 0.971. The van der Waals surface area contributed by atoms with Crippen LogP contribution in [0.2, 0.25) is 5.02 Å². The monoisotopic (exact) mass is 230 g/mol. The topological polar surface area (TPSA) is 35.0 Å². The van der Waals surface area contributed by atoms with Crippen LogP contribution >= 0.6 is 23.4 Å². The van der Waals surface area contributed by atoms with Gasteiger partial charge < -0.3 is 4.74 Å². The van der Waals surface area contributed by atoms with Crippen molar-refractivity contribution in [1.29, 1.82) is 0 Å². The van der Waals surface area contributed by atoms with Crippen molar-refractivity contribution in [3.05, 3.63) is 16.8 Å². The maximum atomic E-state index is 5.97. The largest absolute Gasteiger partial charge is 0.479 e. The second kappa shape index (κ2) is 4.36. The summed E-state index contributed by atoms with van der Waals surface area (Å²) in [5, 5.41) is 9.05. The van der Waals surface area contributed by atoms with Crippen molar-refractivity contribution in [2.24, 2.45) is 0 Å². The fourth-order valence-electron chi connectivity index (χ4n) is 1.48. The van der Waals surface area contributed by atoms with Crippen LogP contribution in [-0.4, -0.2) is 23.1 Å². The number of ether oxygens (including phenoxy) is 1. The van der Waals surface area contributed by atoms with Gasteiger partial charge in [0.25, 0.3) is 5.88 Å². The average Bonchev–Trinajstić information content (AvgIpc) is 2.70. The van der Waals surface area contributed by atoms with Crippen molar-refractivity contribution >= 4 is 23.4 Å². The first kappa shape index (κ1) is 10.1. The van der Waals surface area contributed by atoms with Crippen molar-refractivity contribution in [3.8, 4) is 5.88 Å². The first-order chi connectivity index (χ1) is 6.81. The molecule has 1 aliphatic rings. The van der Waals surface area contributed by atoms with E-state index in [1.165, 1.54) is 18.6 Å². The number of aromatic nitrogens is 2. The summed E-state index contributed by atoms with van der Waals surface area (Å²) >= 11 is 7.89. The Hall–Kier alpha value is -0.480. The van der Waals surface area contributed by atoms with Gasteiger partial charge in [0.1, 0.15) is 5.02 Å². The summed E-state index contributed by atoms with van der Waals surface area (Å²) in [6, 6.07) is 1.86. The number of methoxy groups -OCH3 is 1. The minimum absolute atomic E-state index is 0.401. The van der Waals surface area contributed by atoms with E-state index in [9.17, 15) is 0 Å². The average molecular weight is 231 g/mol. The summed E-state index contributed by atoms with van der Waals surface area (Å²) in [6.45, 7) is 0. The lowest BCUT2D eigenvalue weighted by Gasteiger charge is -2.08. The van der Waals surface area contributed by atoms with Gasteiger partial charge in [0.15, 0.2) is 0 Å². The summed E-state index contributed by atoms with van der Waals surface area (Å²) in [7, 11) is 1.54. The fourth-order valence-corrected chi connectivity index (χ4v) is 2.94. The zero-order valence-electron chi connectivity index (χ0n) is 7.86. The molecule has 76 valence electrons. The van der Waals surface area contributed by atoms with Gasteiger partial charge in [0.05, 0.1) is 12.8 Å². The number of hydrogen-bond donors (Lipinski definition) is 0. The van der Waals surface area contributed by atoms with Crippen LogP contribution in [0.15, 0.2) is 6.07 Å². The molecule has 2 heterocycles. The molecule has 14 heavy (non-hydrogen) atoms. The lowest BCUT2D eigenvalue weighted by Crippen LogP contribution is -1.98. The first-order valence-electron chi connectivity index (χ1n) is 4.50. The Morgan fingerprint density at radius 2 is 2.43 bits per heavy atom. The summed E-state index contributed by atoms with van der Waals surface area (Å²) in [5.74, 6) is 1.61. The highest BCUT2D eigenvalue weighted by Crippen LogP contribution is 2.39. The van der Waals surface area contributed by atoms with Crippen LogP contribution in [-0.2, 0) is 0 Å². The van der Waals surface area contributed by atoms with Gasteiger partial charge in [-0.3, -0.25) is 0 Å². The maximum absolute atomic E-state index is 5.97. The lowest BCUT2D eigenvalue weighted by molar-refractivity contribution is 0.391. The Morgan fingerprint density at radius 1 is 1.57 bits per heavy atom. The number of halogens is 1. The van der Waals surface area contributed by atoms with Crippen molar-refractivity contribution in [1.82, 2.24) is 10.2 Å².